The monoisotopic (exact) mass is 359 g/mol. The topological polar surface area (TPSA) is 69.6 Å². The van der Waals surface area contributed by atoms with Gasteiger partial charge in [-0.05, 0) is 44.8 Å². The van der Waals surface area contributed by atoms with Gasteiger partial charge < -0.3 is 14.7 Å². The third-order valence-corrected chi connectivity index (χ3v) is 5.44. The number of carbonyl (C=O) groups excluding carboxylic acids is 2. The Labute approximate surface area is 155 Å². The van der Waals surface area contributed by atoms with Gasteiger partial charge in [0.15, 0.2) is 0 Å². The lowest BCUT2D eigenvalue weighted by atomic mass is 10.0. The van der Waals surface area contributed by atoms with Crippen LogP contribution in [0.15, 0.2) is 18.6 Å². The molecule has 142 valence electrons. The second-order valence-electron chi connectivity index (χ2n) is 7.26. The van der Waals surface area contributed by atoms with Crippen LogP contribution in [-0.4, -0.2) is 81.8 Å². The van der Waals surface area contributed by atoms with Crippen LogP contribution >= 0.6 is 0 Å². The summed E-state index contributed by atoms with van der Waals surface area (Å²) in [6.45, 7) is 6.88. The fourth-order valence-electron chi connectivity index (χ4n) is 4.00. The van der Waals surface area contributed by atoms with Crippen molar-refractivity contribution >= 4 is 11.8 Å². The first-order valence-electron chi connectivity index (χ1n) is 9.70. The number of carbonyl (C=O) groups is 2. The molecule has 2 amide bonds. The van der Waals surface area contributed by atoms with Crippen LogP contribution in [0.3, 0.4) is 0 Å². The van der Waals surface area contributed by atoms with Gasteiger partial charge >= 0.3 is 0 Å². The summed E-state index contributed by atoms with van der Waals surface area (Å²) in [7, 11) is 0. The number of hydrogen-bond donors (Lipinski definition) is 0. The summed E-state index contributed by atoms with van der Waals surface area (Å²) in [5.74, 6) is 0.0278. The third-order valence-electron chi connectivity index (χ3n) is 5.44. The van der Waals surface area contributed by atoms with Crippen molar-refractivity contribution in [3.8, 4) is 0 Å². The molecule has 0 bridgehead atoms. The normalized spacial score (nSPS) is 21.4. The molecule has 3 rings (SSSR count). The van der Waals surface area contributed by atoms with Gasteiger partial charge in [0.05, 0.1) is 0 Å². The summed E-state index contributed by atoms with van der Waals surface area (Å²) < 4.78 is 0. The van der Waals surface area contributed by atoms with Gasteiger partial charge in [0.1, 0.15) is 12.0 Å². The maximum atomic E-state index is 12.7. The number of rotatable bonds is 5. The van der Waals surface area contributed by atoms with Crippen molar-refractivity contribution in [1.82, 2.24) is 24.7 Å². The molecule has 0 radical (unpaired) electrons. The van der Waals surface area contributed by atoms with Crippen LogP contribution in [0.4, 0.5) is 0 Å². The molecule has 2 saturated heterocycles. The maximum Gasteiger partial charge on any atom is 0.272 e. The third kappa shape index (κ3) is 4.78. The van der Waals surface area contributed by atoms with Gasteiger partial charge in [0.25, 0.3) is 5.91 Å². The highest BCUT2D eigenvalue weighted by Gasteiger charge is 2.30. The maximum absolute atomic E-state index is 12.7. The molecule has 3 heterocycles. The standard InChI is InChI=1S/C19H29N5O2/c1-16(25)24(13-12-22-9-3-2-4-10-22)17-6-5-11-23(14-17)19(26)18-7-8-20-15-21-18/h7-8,15,17H,2-6,9-14H2,1H3. The molecule has 7 nitrogen and oxygen atoms in total. The SMILES string of the molecule is CC(=O)N(CCN1CCCCC1)C1CCCN(C(=O)c2ccncn2)C1. The van der Waals surface area contributed by atoms with Gasteiger partial charge in [-0.1, -0.05) is 6.42 Å². The number of nitrogens with zero attached hydrogens (tertiary/aromatic N) is 5. The average Bonchev–Trinajstić information content (AvgIpc) is 2.69. The van der Waals surface area contributed by atoms with E-state index in [1.165, 1.54) is 25.6 Å². The van der Waals surface area contributed by atoms with Gasteiger partial charge in [-0.3, -0.25) is 9.59 Å². The van der Waals surface area contributed by atoms with E-state index in [2.05, 4.69) is 14.9 Å². The summed E-state index contributed by atoms with van der Waals surface area (Å²) in [5.41, 5.74) is 0.420. The number of aromatic nitrogens is 2. The molecule has 2 aliphatic heterocycles. The first-order valence-corrected chi connectivity index (χ1v) is 9.70. The summed E-state index contributed by atoms with van der Waals surface area (Å²) >= 11 is 0. The highest BCUT2D eigenvalue weighted by atomic mass is 16.2. The Hall–Kier alpha value is -2.02. The number of piperidine rings is 2. The molecule has 0 saturated carbocycles. The molecule has 1 unspecified atom stereocenters. The lowest BCUT2D eigenvalue weighted by molar-refractivity contribution is -0.132. The zero-order chi connectivity index (χ0) is 18.4. The Morgan fingerprint density at radius 2 is 2.00 bits per heavy atom. The van der Waals surface area contributed by atoms with E-state index >= 15 is 0 Å². The van der Waals surface area contributed by atoms with Crippen molar-refractivity contribution < 1.29 is 9.59 Å². The Morgan fingerprint density at radius 3 is 2.69 bits per heavy atom. The van der Waals surface area contributed by atoms with E-state index in [4.69, 9.17) is 0 Å². The first-order chi connectivity index (χ1) is 12.6. The van der Waals surface area contributed by atoms with E-state index in [9.17, 15) is 9.59 Å². The average molecular weight is 359 g/mol. The van der Waals surface area contributed by atoms with Gasteiger partial charge in [-0.2, -0.15) is 0 Å². The smallest absolute Gasteiger partial charge is 0.272 e. The van der Waals surface area contributed by atoms with Gasteiger partial charge in [-0.15, -0.1) is 0 Å². The second kappa shape index (κ2) is 9.07. The highest BCUT2D eigenvalue weighted by molar-refractivity contribution is 5.92. The van der Waals surface area contributed by atoms with Crippen LogP contribution in [-0.2, 0) is 4.79 Å². The predicted molar refractivity (Wildman–Crippen MR) is 98.6 cm³/mol. The van der Waals surface area contributed by atoms with Crippen LogP contribution in [0.2, 0.25) is 0 Å². The van der Waals surface area contributed by atoms with Crippen LogP contribution < -0.4 is 0 Å². The van der Waals surface area contributed by atoms with Crippen LogP contribution in [0.1, 0.15) is 49.5 Å². The molecule has 7 heteroatoms. The van der Waals surface area contributed by atoms with E-state index in [0.29, 0.717) is 12.2 Å². The summed E-state index contributed by atoms with van der Waals surface area (Å²) in [4.78, 5) is 39.1. The minimum atomic E-state index is -0.0726. The Kier molecular flexibility index (Phi) is 6.55. The first kappa shape index (κ1) is 18.8. The predicted octanol–water partition coefficient (Wildman–Crippen LogP) is 1.42. The lowest BCUT2D eigenvalue weighted by Gasteiger charge is -2.40. The summed E-state index contributed by atoms with van der Waals surface area (Å²) in [6.07, 6.45) is 8.67. The van der Waals surface area contributed by atoms with E-state index in [1.54, 1.807) is 19.2 Å². The van der Waals surface area contributed by atoms with Gasteiger partial charge in [-0.25, -0.2) is 9.97 Å². The van der Waals surface area contributed by atoms with Gasteiger partial charge in [0.2, 0.25) is 5.91 Å². The molecular formula is C19H29N5O2. The van der Waals surface area contributed by atoms with E-state index < -0.39 is 0 Å². The molecule has 1 aromatic heterocycles. The summed E-state index contributed by atoms with van der Waals surface area (Å²) in [6, 6.07) is 1.74. The molecular weight excluding hydrogens is 330 g/mol. The quantitative estimate of drug-likeness (QED) is 0.795. The summed E-state index contributed by atoms with van der Waals surface area (Å²) in [5, 5.41) is 0. The van der Waals surface area contributed by atoms with Crippen molar-refractivity contribution in [3.63, 3.8) is 0 Å². The molecule has 1 aromatic rings. The Balaban J connectivity index is 1.59. The molecule has 2 fully saturated rings. The van der Waals surface area contributed by atoms with Crippen molar-refractivity contribution in [2.45, 2.75) is 45.1 Å². The number of likely N-dealkylation sites (tertiary alicyclic amines) is 2. The molecule has 2 aliphatic rings. The molecule has 0 aliphatic carbocycles. The van der Waals surface area contributed by atoms with E-state index in [-0.39, 0.29) is 17.9 Å². The van der Waals surface area contributed by atoms with Crippen molar-refractivity contribution in [2.24, 2.45) is 0 Å². The van der Waals surface area contributed by atoms with Crippen molar-refractivity contribution in [1.29, 1.82) is 0 Å². The largest absolute Gasteiger partial charge is 0.337 e. The minimum Gasteiger partial charge on any atom is -0.337 e. The molecule has 26 heavy (non-hydrogen) atoms. The molecule has 1 atom stereocenters. The minimum absolute atomic E-state index is 0.0726. The van der Waals surface area contributed by atoms with E-state index in [1.807, 2.05) is 9.80 Å². The number of amides is 2. The molecule has 0 aromatic carbocycles. The lowest BCUT2D eigenvalue weighted by Crippen LogP contribution is -2.53. The van der Waals surface area contributed by atoms with E-state index in [0.717, 1.165) is 45.6 Å². The second-order valence-corrected chi connectivity index (χ2v) is 7.26. The highest BCUT2D eigenvalue weighted by Crippen LogP contribution is 2.18. The zero-order valence-corrected chi connectivity index (χ0v) is 15.6. The number of hydrogen-bond acceptors (Lipinski definition) is 5. The van der Waals surface area contributed by atoms with Crippen molar-refractivity contribution in [2.75, 3.05) is 39.3 Å². The van der Waals surface area contributed by atoms with Gasteiger partial charge in [0, 0.05) is 45.3 Å². The van der Waals surface area contributed by atoms with Crippen LogP contribution in [0.5, 0.6) is 0 Å². The zero-order valence-electron chi connectivity index (χ0n) is 15.6. The van der Waals surface area contributed by atoms with Crippen LogP contribution in [0, 0.1) is 0 Å². The fourth-order valence-corrected chi connectivity index (χ4v) is 4.00. The Bertz CT molecular complexity index is 603. The fraction of sp³-hybridized carbons (Fsp3) is 0.684. The molecule has 0 spiro atoms. The molecule has 0 N–H and O–H groups in total. The van der Waals surface area contributed by atoms with Crippen molar-refractivity contribution in [3.05, 3.63) is 24.3 Å². The van der Waals surface area contributed by atoms with Crippen LogP contribution in [0.25, 0.3) is 0 Å². The Morgan fingerprint density at radius 1 is 1.19 bits per heavy atom.